The molecule has 1 aliphatic carbocycles. The fourth-order valence-electron chi connectivity index (χ4n) is 7.72. The summed E-state index contributed by atoms with van der Waals surface area (Å²) in [5.74, 6) is -17.0. The van der Waals surface area contributed by atoms with E-state index in [9.17, 15) is 76.6 Å². The van der Waals surface area contributed by atoms with Crippen LogP contribution in [0.15, 0.2) is 46.9 Å². The van der Waals surface area contributed by atoms with Gasteiger partial charge in [-0.1, -0.05) is 42.5 Å². The van der Waals surface area contributed by atoms with Gasteiger partial charge in [0.05, 0.1) is 16.3 Å². The number of hydrogen-bond acceptors (Lipinski definition) is 16. The average Bonchev–Trinajstić information content (AvgIpc) is 3.51. The lowest BCUT2D eigenvalue weighted by Gasteiger charge is -2.21. The molecule has 8 aromatic rings. The van der Waals surface area contributed by atoms with Crippen molar-refractivity contribution in [3.05, 3.63) is 42.5 Å². The summed E-state index contributed by atoms with van der Waals surface area (Å²) in [6.45, 7) is 0. The minimum atomic E-state index is -1.25. The molecule has 0 radical (unpaired) electrons. The molecule has 0 aliphatic heterocycles. The fraction of sp³-hybridized carbons (Fsp3) is 0. The van der Waals surface area contributed by atoms with E-state index in [-0.39, 0.29) is 38.2 Å². The number of hydrogen-bond donors (Lipinski definition) is 15. The Bertz CT molecular complexity index is 3080. The van der Waals surface area contributed by atoms with Crippen LogP contribution in [0, 0.1) is 0 Å². The minimum Gasteiger partial charge on any atom is -0.504 e. The van der Waals surface area contributed by atoms with Gasteiger partial charge >= 0.3 is 0 Å². The van der Waals surface area contributed by atoms with E-state index in [4.69, 9.17) is 4.42 Å². The number of benzene rings is 7. The third-order valence-electron chi connectivity index (χ3n) is 10.0. The standard InChI is InChI=1S/C38H22O16/c39-22-15-11-7-3-6-10-12(19-25(42)31(48)34(51)32(49)26(19)43)8-4-1-2-5-9(8)14(13(10)11)16-18(17(15)24(41)30(47)29(22)46)37-20(27(44)23(16)40)21-28(45)33(50)35(52)36(53)38(21)54-37/h1-7,39-53H. The van der Waals surface area contributed by atoms with Crippen LogP contribution < -0.4 is 0 Å². The number of furan rings is 1. The van der Waals surface area contributed by atoms with Crippen molar-refractivity contribution in [1.29, 1.82) is 0 Å². The first-order valence-electron chi connectivity index (χ1n) is 15.6. The number of rotatable bonds is 1. The van der Waals surface area contributed by atoms with Gasteiger partial charge in [0.25, 0.3) is 0 Å². The van der Waals surface area contributed by atoms with E-state index in [1.807, 2.05) is 0 Å². The van der Waals surface area contributed by atoms with Crippen molar-refractivity contribution in [1.82, 2.24) is 0 Å². The molecule has 0 fully saturated rings. The average molecular weight is 735 g/mol. The normalized spacial score (nSPS) is 12.1. The molecule has 16 nitrogen and oxygen atoms in total. The second kappa shape index (κ2) is 10.0. The monoisotopic (exact) mass is 734 g/mol. The molecule has 16 heteroatoms. The van der Waals surface area contributed by atoms with Crippen molar-refractivity contribution < 1.29 is 81.0 Å². The Kier molecular flexibility index (Phi) is 5.90. The Morgan fingerprint density at radius 3 is 1.28 bits per heavy atom. The summed E-state index contributed by atoms with van der Waals surface area (Å²) in [4.78, 5) is 0. The lowest BCUT2D eigenvalue weighted by molar-refractivity contribution is 0.330. The van der Waals surface area contributed by atoms with E-state index in [0.717, 1.165) is 0 Å². The highest BCUT2D eigenvalue weighted by Gasteiger charge is 2.40. The Hall–Kier alpha value is -8.14. The summed E-state index contributed by atoms with van der Waals surface area (Å²) in [7, 11) is 0. The van der Waals surface area contributed by atoms with E-state index < -0.39 is 136 Å². The molecule has 1 heterocycles. The third-order valence-corrected chi connectivity index (χ3v) is 10.0. The van der Waals surface area contributed by atoms with Gasteiger partial charge in [0.15, 0.2) is 45.8 Å². The first kappa shape index (κ1) is 31.8. The van der Waals surface area contributed by atoms with E-state index in [1.165, 1.54) is 42.5 Å². The molecule has 7 aromatic carbocycles. The predicted octanol–water partition coefficient (Wildman–Crippen LogP) is 6.46. The topological polar surface area (TPSA) is 317 Å². The van der Waals surface area contributed by atoms with Crippen LogP contribution in [0.5, 0.6) is 86.2 Å². The Morgan fingerprint density at radius 1 is 0.259 bits per heavy atom. The number of fused-ring (bicyclic) bond motifs is 11. The highest BCUT2D eigenvalue weighted by atomic mass is 16.4. The van der Waals surface area contributed by atoms with Crippen molar-refractivity contribution in [2.75, 3.05) is 0 Å². The molecule has 0 atom stereocenters. The van der Waals surface area contributed by atoms with Crippen LogP contribution in [0.3, 0.4) is 0 Å². The molecule has 0 amide bonds. The van der Waals surface area contributed by atoms with Crippen LogP contribution in [0.2, 0.25) is 0 Å². The molecule has 0 unspecified atom stereocenters. The van der Waals surface area contributed by atoms with Gasteiger partial charge in [-0.25, -0.2) is 0 Å². The molecule has 0 spiro atoms. The molecule has 0 saturated carbocycles. The largest absolute Gasteiger partial charge is 0.504 e. The van der Waals surface area contributed by atoms with Crippen LogP contribution in [-0.2, 0) is 0 Å². The molecule has 1 aromatic heterocycles. The molecule has 9 rings (SSSR count). The first-order valence-corrected chi connectivity index (χ1v) is 15.6. The van der Waals surface area contributed by atoms with E-state index in [2.05, 4.69) is 0 Å². The van der Waals surface area contributed by atoms with Gasteiger partial charge in [-0.05, 0) is 27.1 Å². The van der Waals surface area contributed by atoms with E-state index in [1.54, 1.807) is 0 Å². The summed E-state index contributed by atoms with van der Waals surface area (Å²) >= 11 is 0. The van der Waals surface area contributed by atoms with Crippen molar-refractivity contribution in [3.8, 4) is 131 Å². The number of phenolic OH excluding ortho intramolecular Hbond substituents is 15. The van der Waals surface area contributed by atoms with Gasteiger partial charge in [-0.15, -0.1) is 0 Å². The van der Waals surface area contributed by atoms with E-state index >= 15 is 0 Å². The summed E-state index contributed by atoms with van der Waals surface area (Å²) < 4.78 is 5.95. The molecule has 270 valence electrons. The Morgan fingerprint density at radius 2 is 0.667 bits per heavy atom. The molecule has 0 bridgehead atoms. The van der Waals surface area contributed by atoms with Crippen LogP contribution >= 0.6 is 0 Å². The Labute approximate surface area is 297 Å². The highest BCUT2D eigenvalue weighted by Crippen LogP contribution is 2.67. The second-order valence-electron chi connectivity index (χ2n) is 12.6. The maximum atomic E-state index is 12.1. The van der Waals surface area contributed by atoms with Gasteiger partial charge in [0.1, 0.15) is 5.58 Å². The molecule has 1 aliphatic rings. The maximum Gasteiger partial charge on any atom is 0.208 e. The fourth-order valence-corrected chi connectivity index (χ4v) is 7.72. The van der Waals surface area contributed by atoms with Gasteiger partial charge in [-0.3, -0.25) is 0 Å². The van der Waals surface area contributed by atoms with Crippen molar-refractivity contribution in [2.45, 2.75) is 0 Å². The van der Waals surface area contributed by atoms with Crippen LogP contribution in [0.1, 0.15) is 0 Å². The van der Waals surface area contributed by atoms with Gasteiger partial charge in [0, 0.05) is 33.4 Å². The lowest BCUT2D eigenvalue weighted by atomic mass is 9.82. The lowest BCUT2D eigenvalue weighted by Crippen LogP contribution is -1.94. The van der Waals surface area contributed by atoms with Crippen molar-refractivity contribution in [2.24, 2.45) is 0 Å². The minimum absolute atomic E-state index is 0.0111. The van der Waals surface area contributed by atoms with Crippen molar-refractivity contribution in [3.63, 3.8) is 0 Å². The zero-order valence-electron chi connectivity index (χ0n) is 26.7. The molecule has 54 heavy (non-hydrogen) atoms. The highest BCUT2D eigenvalue weighted by molar-refractivity contribution is 6.32. The van der Waals surface area contributed by atoms with Gasteiger partial charge in [-0.2, -0.15) is 0 Å². The third kappa shape index (κ3) is 3.45. The molecule has 15 N–H and O–H groups in total. The van der Waals surface area contributed by atoms with Crippen LogP contribution in [0.4, 0.5) is 0 Å². The van der Waals surface area contributed by atoms with Gasteiger partial charge < -0.3 is 81.0 Å². The molecule has 0 saturated heterocycles. The van der Waals surface area contributed by atoms with Crippen LogP contribution in [-0.4, -0.2) is 76.6 Å². The zero-order chi connectivity index (χ0) is 38.6. The molecular weight excluding hydrogens is 712 g/mol. The maximum absolute atomic E-state index is 12.1. The van der Waals surface area contributed by atoms with E-state index in [0.29, 0.717) is 0 Å². The van der Waals surface area contributed by atoms with Gasteiger partial charge in [0.2, 0.25) is 46.0 Å². The summed E-state index contributed by atoms with van der Waals surface area (Å²) in [6.07, 6.45) is 0. The Balaban J connectivity index is 1.65. The summed E-state index contributed by atoms with van der Waals surface area (Å²) in [5, 5.41) is 164. The summed E-state index contributed by atoms with van der Waals surface area (Å²) in [5.41, 5.74) is -3.89. The quantitative estimate of drug-likeness (QED) is 0.0489. The second-order valence-corrected chi connectivity index (χ2v) is 12.6. The number of phenols is 15. The SMILES string of the molecule is Oc1c(O)c(O)c(-c2c3ccccc3c3c4c(cccc24)-c2c(O)c(O)c(O)c(O)c2-c2c-3c(O)c(O)c3c2oc2c(O)c(O)c(O)c(O)c23)c(O)c1O. The van der Waals surface area contributed by atoms with Crippen molar-refractivity contribution >= 4 is 43.5 Å². The summed E-state index contributed by atoms with van der Waals surface area (Å²) in [6, 6.07) is 10.3. The zero-order valence-corrected chi connectivity index (χ0v) is 26.7. The number of aromatic hydroxyl groups is 15. The smallest absolute Gasteiger partial charge is 0.208 e. The first-order chi connectivity index (χ1) is 25.6. The van der Waals surface area contributed by atoms with Crippen LogP contribution in [0.25, 0.3) is 88.0 Å². The predicted molar refractivity (Wildman–Crippen MR) is 189 cm³/mol. The molecular formula is C38H22O16.